The Kier molecular flexibility index (Phi) is 3.36. The number of aryl methyl sites for hydroxylation is 1. The molecule has 0 fully saturated rings. The molecule has 1 aromatic heterocycles. The summed E-state index contributed by atoms with van der Waals surface area (Å²) >= 11 is 0. The van der Waals surface area contributed by atoms with E-state index in [1.807, 2.05) is 67.8 Å². The van der Waals surface area contributed by atoms with E-state index in [0.717, 1.165) is 17.0 Å². The number of nitrogens with zero attached hydrogens (tertiary/aromatic N) is 2. The molecule has 0 amide bonds. The molecule has 0 spiro atoms. The highest BCUT2D eigenvalue weighted by molar-refractivity contribution is 5.62. The van der Waals surface area contributed by atoms with Crippen LogP contribution in [0.15, 0.2) is 65.6 Å². The Morgan fingerprint density at radius 2 is 1.62 bits per heavy atom. The summed E-state index contributed by atoms with van der Waals surface area (Å²) in [5.74, 6) is 0.768. The zero-order chi connectivity index (χ0) is 14.8. The average Bonchev–Trinajstić information content (AvgIpc) is 2.83. The lowest BCUT2D eigenvalue weighted by molar-refractivity contribution is 0.414. The first-order valence-corrected chi connectivity index (χ1v) is 6.69. The second-order valence-electron chi connectivity index (χ2n) is 4.80. The number of benzene rings is 2. The number of methoxy groups -OCH3 is 1. The summed E-state index contributed by atoms with van der Waals surface area (Å²) in [6, 6.07) is 17.1. The van der Waals surface area contributed by atoms with Gasteiger partial charge in [0.1, 0.15) is 5.75 Å². The molecule has 21 heavy (non-hydrogen) atoms. The van der Waals surface area contributed by atoms with Gasteiger partial charge in [0.25, 0.3) is 5.56 Å². The minimum atomic E-state index is -0.0335. The molecule has 3 rings (SSSR count). The van der Waals surface area contributed by atoms with Crippen LogP contribution in [0, 0.1) is 0 Å². The van der Waals surface area contributed by atoms with E-state index >= 15 is 0 Å². The number of ether oxygens (including phenoxy) is 1. The summed E-state index contributed by atoms with van der Waals surface area (Å²) < 4.78 is 8.58. The van der Waals surface area contributed by atoms with E-state index in [-0.39, 0.29) is 5.56 Å². The first-order chi connectivity index (χ1) is 10.2. The van der Waals surface area contributed by atoms with Crippen molar-refractivity contribution in [2.24, 2.45) is 7.05 Å². The maximum absolute atomic E-state index is 12.7. The molecule has 0 atom stereocenters. The van der Waals surface area contributed by atoms with Gasteiger partial charge in [0.2, 0.25) is 0 Å². The molecule has 4 nitrogen and oxygen atoms in total. The Balaban J connectivity index is 2.12. The third-order valence-electron chi connectivity index (χ3n) is 3.46. The standard InChI is InChI=1S/C17H16N2O2/c1-18-12-16(13-6-4-3-5-7-13)17(20)19(18)14-8-10-15(21-2)11-9-14/h3-12H,1-2H3. The monoisotopic (exact) mass is 280 g/mol. The smallest absolute Gasteiger partial charge is 0.279 e. The lowest BCUT2D eigenvalue weighted by Gasteiger charge is -2.07. The van der Waals surface area contributed by atoms with Crippen LogP contribution in [0.25, 0.3) is 16.8 Å². The van der Waals surface area contributed by atoms with Gasteiger partial charge < -0.3 is 4.74 Å². The van der Waals surface area contributed by atoms with Crippen molar-refractivity contribution in [3.63, 3.8) is 0 Å². The topological polar surface area (TPSA) is 36.2 Å². The van der Waals surface area contributed by atoms with Gasteiger partial charge in [-0.25, -0.2) is 4.68 Å². The number of rotatable bonds is 3. The Hall–Kier alpha value is -2.75. The summed E-state index contributed by atoms with van der Waals surface area (Å²) in [5, 5.41) is 0. The van der Waals surface area contributed by atoms with Gasteiger partial charge in [0.15, 0.2) is 0 Å². The lowest BCUT2D eigenvalue weighted by Crippen LogP contribution is -2.19. The maximum atomic E-state index is 12.7. The van der Waals surface area contributed by atoms with Crippen LogP contribution in [-0.2, 0) is 7.05 Å². The molecule has 0 radical (unpaired) electrons. The molecular formula is C17H16N2O2. The Morgan fingerprint density at radius 1 is 0.952 bits per heavy atom. The summed E-state index contributed by atoms with van der Waals surface area (Å²) in [6.07, 6.45) is 1.85. The van der Waals surface area contributed by atoms with Crippen molar-refractivity contribution in [2.75, 3.05) is 7.11 Å². The highest BCUT2D eigenvalue weighted by Crippen LogP contribution is 2.18. The van der Waals surface area contributed by atoms with Gasteiger partial charge in [-0.1, -0.05) is 30.3 Å². The van der Waals surface area contributed by atoms with Crippen molar-refractivity contribution in [3.8, 4) is 22.6 Å². The van der Waals surface area contributed by atoms with Gasteiger partial charge in [0, 0.05) is 13.2 Å². The molecule has 0 saturated heterocycles. The van der Waals surface area contributed by atoms with Crippen molar-refractivity contribution < 1.29 is 4.74 Å². The summed E-state index contributed by atoms with van der Waals surface area (Å²) in [4.78, 5) is 12.7. The largest absolute Gasteiger partial charge is 0.497 e. The van der Waals surface area contributed by atoms with Crippen LogP contribution < -0.4 is 10.3 Å². The molecule has 0 N–H and O–H groups in total. The first kappa shape index (κ1) is 13.2. The third-order valence-corrected chi connectivity index (χ3v) is 3.46. The normalized spacial score (nSPS) is 10.6. The van der Waals surface area contributed by atoms with Crippen LogP contribution in [0.4, 0.5) is 0 Å². The van der Waals surface area contributed by atoms with Crippen LogP contribution in [0.5, 0.6) is 5.75 Å². The first-order valence-electron chi connectivity index (χ1n) is 6.69. The Morgan fingerprint density at radius 3 is 2.24 bits per heavy atom. The van der Waals surface area contributed by atoms with Crippen LogP contribution >= 0.6 is 0 Å². The van der Waals surface area contributed by atoms with Gasteiger partial charge in [0.05, 0.1) is 18.4 Å². The molecule has 0 aliphatic carbocycles. The quantitative estimate of drug-likeness (QED) is 0.739. The van der Waals surface area contributed by atoms with E-state index in [9.17, 15) is 4.79 Å². The van der Waals surface area contributed by atoms with Crippen molar-refractivity contribution in [1.29, 1.82) is 0 Å². The van der Waals surface area contributed by atoms with E-state index in [1.165, 1.54) is 0 Å². The second-order valence-corrected chi connectivity index (χ2v) is 4.80. The van der Waals surface area contributed by atoms with Gasteiger partial charge in [-0.3, -0.25) is 9.48 Å². The molecule has 106 valence electrons. The van der Waals surface area contributed by atoms with Gasteiger partial charge >= 0.3 is 0 Å². The zero-order valence-corrected chi connectivity index (χ0v) is 12.0. The highest BCUT2D eigenvalue weighted by Gasteiger charge is 2.12. The lowest BCUT2D eigenvalue weighted by atomic mass is 10.1. The minimum absolute atomic E-state index is 0.0335. The SMILES string of the molecule is COc1ccc(-n2c(=O)c(-c3ccccc3)cn2C)cc1. The molecule has 0 aliphatic rings. The van der Waals surface area contributed by atoms with Crippen LogP contribution in [0.1, 0.15) is 0 Å². The second kappa shape index (κ2) is 5.32. The molecule has 1 heterocycles. The van der Waals surface area contributed by atoms with E-state index in [2.05, 4.69) is 0 Å². The van der Waals surface area contributed by atoms with Crippen molar-refractivity contribution in [3.05, 3.63) is 71.1 Å². The van der Waals surface area contributed by atoms with Crippen molar-refractivity contribution in [1.82, 2.24) is 9.36 Å². The van der Waals surface area contributed by atoms with Gasteiger partial charge in [-0.2, -0.15) is 0 Å². The fourth-order valence-electron chi connectivity index (χ4n) is 2.40. The third kappa shape index (κ3) is 2.36. The molecule has 0 aliphatic heterocycles. The van der Waals surface area contributed by atoms with Crippen molar-refractivity contribution >= 4 is 0 Å². The highest BCUT2D eigenvalue weighted by atomic mass is 16.5. The van der Waals surface area contributed by atoms with E-state index in [4.69, 9.17) is 4.74 Å². The van der Waals surface area contributed by atoms with Crippen LogP contribution in [-0.4, -0.2) is 16.5 Å². The molecule has 0 bridgehead atoms. The minimum Gasteiger partial charge on any atom is -0.497 e. The van der Waals surface area contributed by atoms with Gasteiger partial charge in [-0.15, -0.1) is 0 Å². The van der Waals surface area contributed by atoms with E-state index in [0.29, 0.717) is 5.56 Å². The molecule has 3 aromatic rings. The van der Waals surface area contributed by atoms with E-state index in [1.54, 1.807) is 16.5 Å². The predicted octanol–water partition coefficient (Wildman–Crippen LogP) is 2.85. The fourth-order valence-corrected chi connectivity index (χ4v) is 2.40. The van der Waals surface area contributed by atoms with Crippen LogP contribution in [0.2, 0.25) is 0 Å². The molecule has 0 saturated carbocycles. The number of hydrogen-bond acceptors (Lipinski definition) is 2. The maximum Gasteiger partial charge on any atom is 0.279 e. The molecular weight excluding hydrogens is 264 g/mol. The van der Waals surface area contributed by atoms with Crippen LogP contribution in [0.3, 0.4) is 0 Å². The summed E-state index contributed by atoms with van der Waals surface area (Å²) in [6.45, 7) is 0. The summed E-state index contributed by atoms with van der Waals surface area (Å²) in [7, 11) is 3.48. The predicted molar refractivity (Wildman–Crippen MR) is 83.0 cm³/mol. The average molecular weight is 280 g/mol. The number of hydrogen-bond donors (Lipinski definition) is 0. The summed E-state index contributed by atoms with van der Waals surface area (Å²) in [5.41, 5.74) is 2.39. The van der Waals surface area contributed by atoms with Gasteiger partial charge in [-0.05, 0) is 29.8 Å². The van der Waals surface area contributed by atoms with E-state index < -0.39 is 0 Å². The fraction of sp³-hybridized carbons (Fsp3) is 0.118. The van der Waals surface area contributed by atoms with Crippen molar-refractivity contribution in [2.45, 2.75) is 0 Å². The Labute approximate surface area is 122 Å². The zero-order valence-electron chi connectivity index (χ0n) is 12.0. The molecule has 4 heteroatoms. The molecule has 0 unspecified atom stereocenters. The number of aromatic nitrogens is 2. The molecule has 2 aromatic carbocycles. The Bertz CT molecular complexity index is 799.